The summed E-state index contributed by atoms with van der Waals surface area (Å²) in [5, 5.41) is 43.5. The average molecular weight is 1310 g/mol. The van der Waals surface area contributed by atoms with Crippen molar-refractivity contribution in [3.8, 4) is 67.9 Å². The fourth-order valence-electron chi connectivity index (χ4n) is 13.2. The highest BCUT2D eigenvalue weighted by atomic mass is 31.1. The third-order valence-electron chi connectivity index (χ3n) is 17.8. The number of fused-ring (bicyclic) bond motifs is 9. The van der Waals surface area contributed by atoms with E-state index in [0.29, 0.717) is 5.82 Å². The quantitative estimate of drug-likeness (QED) is 0.0422. The topological polar surface area (TPSA) is 233 Å². The Morgan fingerprint density at radius 3 is 1.21 bits per heavy atom. The van der Waals surface area contributed by atoms with Gasteiger partial charge in [0.25, 0.3) is 0 Å². The average Bonchev–Trinajstić information content (AvgIpc) is 1.59. The summed E-state index contributed by atoms with van der Waals surface area (Å²) < 4.78 is 3.80. The van der Waals surface area contributed by atoms with Gasteiger partial charge in [-0.15, -0.1) is 0 Å². The molecular formula is C76H61B2N17OP2. The summed E-state index contributed by atoms with van der Waals surface area (Å²) in [5.74, 6) is 2.16. The lowest BCUT2D eigenvalue weighted by atomic mass is 9.99. The molecule has 9 heterocycles. The molecule has 2 unspecified atom stereocenters. The summed E-state index contributed by atoms with van der Waals surface area (Å²) in [4.78, 5) is 38.3. The van der Waals surface area contributed by atoms with Crippen LogP contribution in [0.25, 0.3) is 166 Å². The Morgan fingerprint density at radius 2 is 0.796 bits per heavy atom. The van der Waals surface area contributed by atoms with Crippen LogP contribution in [0.2, 0.25) is 0 Å². The Bertz CT molecular complexity index is 6030. The second-order valence-electron chi connectivity index (χ2n) is 24.1. The highest BCUT2D eigenvalue weighted by Gasteiger charge is 2.23. The monoisotopic (exact) mass is 1310 g/mol. The van der Waals surface area contributed by atoms with Gasteiger partial charge in [0.15, 0.2) is 17.5 Å². The molecule has 2 atom stereocenters. The number of benzene rings is 9. The van der Waals surface area contributed by atoms with Crippen LogP contribution in [0.4, 0.5) is 0 Å². The van der Waals surface area contributed by atoms with Crippen LogP contribution in [0.5, 0.6) is 0 Å². The lowest BCUT2D eigenvalue weighted by Gasteiger charge is -2.09. The van der Waals surface area contributed by atoms with E-state index in [1.165, 1.54) is 10.8 Å². The fraction of sp³-hybridized carbons (Fsp3) is 0.0921. The summed E-state index contributed by atoms with van der Waals surface area (Å²) >= 11 is 0. The molecule has 9 aromatic carbocycles. The van der Waals surface area contributed by atoms with Gasteiger partial charge in [0.2, 0.25) is 0 Å². The number of imidazole rings is 3. The number of hydrogen-bond donors (Lipinski definition) is 7. The van der Waals surface area contributed by atoms with Crippen molar-refractivity contribution in [2.45, 2.75) is 19.7 Å². The first-order valence-electron chi connectivity index (χ1n) is 31.9. The van der Waals surface area contributed by atoms with Gasteiger partial charge < -0.3 is 30.7 Å². The van der Waals surface area contributed by atoms with E-state index in [2.05, 4.69) is 166 Å². The second-order valence-corrected chi connectivity index (χ2v) is 27.1. The summed E-state index contributed by atoms with van der Waals surface area (Å²) in [5.41, 5.74) is 20.4. The van der Waals surface area contributed by atoms with E-state index in [0.717, 1.165) is 179 Å². The number of rotatable bonds is 13. The summed E-state index contributed by atoms with van der Waals surface area (Å²) in [6, 6.07) is 62.0. The Morgan fingerprint density at radius 1 is 0.408 bits per heavy atom. The molecule has 22 heteroatoms. The third kappa shape index (κ3) is 11.3. The van der Waals surface area contributed by atoms with Crippen LogP contribution in [-0.4, -0.2) is 122 Å². The van der Waals surface area contributed by atoms with Gasteiger partial charge in [-0.1, -0.05) is 127 Å². The van der Waals surface area contributed by atoms with E-state index in [9.17, 15) is 5.11 Å². The van der Waals surface area contributed by atoms with Crippen LogP contribution >= 0.6 is 15.9 Å². The van der Waals surface area contributed by atoms with Crippen LogP contribution in [-0.2, 0) is 19.7 Å². The van der Waals surface area contributed by atoms with E-state index in [4.69, 9.17) is 40.3 Å². The molecule has 0 saturated carbocycles. The van der Waals surface area contributed by atoms with Gasteiger partial charge in [0.1, 0.15) is 32.2 Å². The minimum atomic E-state index is -0.979. The molecule has 0 aliphatic heterocycles. The van der Waals surface area contributed by atoms with Crippen molar-refractivity contribution in [1.82, 2.24) is 84.8 Å². The normalized spacial score (nSPS) is 12.3. The zero-order valence-electron chi connectivity index (χ0n) is 53.8. The van der Waals surface area contributed by atoms with Gasteiger partial charge in [0.05, 0.1) is 56.3 Å². The molecule has 18 aromatic rings. The van der Waals surface area contributed by atoms with Crippen molar-refractivity contribution in [3.63, 3.8) is 0 Å². The highest BCUT2D eigenvalue weighted by molar-refractivity contribution is 7.80. The number of nitrogens with one attached hydrogen (secondary N) is 6. The van der Waals surface area contributed by atoms with Crippen molar-refractivity contribution < 1.29 is 5.11 Å². The van der Waals surface area contributed by atoms with Gasteiger partial charge in [-0.05, 0) is 142 Å². The maximum atomic E-state index is 9.72. The number of nitrogens with zero attached hydrogens (tertiary/aromatic N) is 11. The number of aromatic nitrogens is 15. The fourth-order valence-corrected chi connectivity index (χ4v) is 14.7. The Labute approximate surface area is 566 Å². The molecule has 0 aliphatic rings. The molecule has 0 spiro atoms. The van der Waals surface area contributed by atoms with Crippen LogP contribution in [0.3, 0.4) is 0 Å². The Balaban J connectivity index is 0.000000115. The molecule has 0 aliphatic carbocycles. The SMILES string of the molecule is CNCc1cccc2[nH]c(-c3n[nH]c4ccc(-c5cncc6ccccc56)cc34)nc12.[B]P(C)n1nc(-c2nc3c(CNC)cccc3[nH]2)c2cc(-c3cncc4ccccc34)ccc21.[B]P(C)n1nc(-c2nc3c(CO)cccc3[nH]2)c2cc(-c3cncc4ccccc34)ccc21. The minimum Gasteiger partial charge on any atom is -0.392 e. The Kier molecular flexibility index (Phi) is 16.5. The third-order valence-corrected chi connectivity index (χ3v) is 19.6. The molecule has 18 rings (SSSR count). The van der Waals surface area contributed by atoms with Crippen LogP contribution in [0, 0.1) is 0 Å². The van der Waals surface area contributed by atoms with Gasteiger partial charge in [-0.2, -0.15) is 15.3 Å². The van der Waals surface area contributed by atoms with E-state index in [1.54, 1.807) is 0 Å². The molecular weight excluding hydrogens is 1250 g/mol. The zero-order valence-corrected chi connectivity index (χ0v) is 55.6. The number of para-hydroxylation sites is 3. The predicted molar refractivity (Wildman–Crippen MR) is 402 cm³/mol. The number of hydrogen-bond acceptors (Lipinski definition) is 12. The summed E-state index contributed by atoms with van der Waals surface area (Å²) in [7, 11) is 14.6. The van der Waals surface area contributed by atoms with E-state index in [1.807, 2.05) is 140 Å². The van der Waals surface area contributed by atoms with Crippen molar-refractivity contribution in [3.05, 3.63) is 236 Å². The summed E-state index contributed by atoms with van der Waals surface area (Å²) in [6.45, 7) is 5.41. The first kappa shape index (κ1) is 61.8. The first-order chi connectivity index (χ1) is 48.1. The van der Waals surface area contributed by atoms with Crippen molar-refractivity contribution in [2.24, 2.45) is 0 Å². The standard InChI is InChI=1S/C26H22BN6P.C25H19BN5OP.C25H20N6/c1-28-13-18-7-5-9-22-24(18)31-26(30-22)25-20-12-16(10-11-23(20)33(32-25)34(2)27)21-15-29-14-17-6-3-4-8-19(17)21;1-33(26)31-22-10-9-15(20-13-27-12-16-5-2-3-7-18(16)20)11-19(22)24(30-31)25-28-21-8-4-6-17(14-32)23(21)29-25;1-26-12-17-6-4-8-22-23(17)29-25(28-22)24-19-11-15(9-10-21(19)30-31-24)20-14-27-13-16-5-2-3-7-18(16)20/h3-12,14-15,28H,13H2,1-2H3,(H,30,31);2-13,32H,14H2,1H3,(H,28,29);2-11,13-14,26H,12H2,1H3,(H,28,29)(H,30,31). The molecule has 4 radical (unpaired) electrons. The lowest BCUT2D eigenvalue weighted by Crippen LogP contribution is -2.05. The predicted octanol–water partition coefficient (Wildman–Crippen LogP) is 15.8. The number of aromatic amines is 4. The molecule has 18 nitrogen and oxygen atoms in total. The van der Waals surface area contributed by atoms with E-state index in [-0.39, 0.29) is 6.61 Å². The molecule has 98 heavy (non-hydrogen) atoms. The van der Waals surface area contributed by atoms with E-state index >= 15 is 0 Å². The maximum Gasteiger partial charge on any atom is 0.159 e. The second kappa shape index (κ2) is 26.1. The van der Waals surface area contributed by atoms with Crippen molar-refractivity contribution >= 4 is 129 Å². The number of aliphatic hydroxyl groups excluding tert-OH is 1. The number of pyridine rings is 3. The van der Waals surface area contributed by atoms with Gasteiger partial charge in [0, 0.05) is 105 Å². The molecule has 472 valence electrons. The molecule has 7 N–H and O–H groups in total. The van der Waals surface area contributed by atoms with Crippen molar-refractivity contribution in [1.29, 1.82) is 0 Å². The molecule has 0 bridgehead atoms. The number of H-pyrrole nitrogens is 4. The highest BCUT2D eigenvalue weighted by Crippen LogP contribution is 2.42. The first-order valence-corrected chi connectivity index (χ1v) is 35.6. The maximum absolute atomic E-state index is 9.72. The molecule has 0 amide bonds. The lowest BCUT2D eigenvalue weighted by molar-refractivity contribution is 0.283. The van der Waals surface area contributed by atoms with E-state index < -0.39 is 15.9 Å². The summed E-state index contributed by atoms with van der Waals surface area (Å²) in [6.07, 6.45) is 11.4. The Hall–Kier alpha value is -11.1. The zero-order chi connectivity index (χ0) is 66.5. The van der Waals surface area contributed by atoms with Crippen molar-refractivity contribution in [2.75, 3.05) is 27.4 Å². The minimum absolute atomic E-state index is 0.0713. The van der Waals surface area contributed by atoms with Gasteiger partial charge in [-0.25, -0.2) is 15.0 Å². The molecule has 0 saturated heterocycles. The van der Waals surface area contributed by atoms with Crippen LogP contribution in [0.1, 0.15) is 16.7 Å². The van der Waals surface area contributed by atoms with Gasteiger partial charge in [-0.3, -0.25) is 29.0 Å². The largest absolute Gasteiger partial charge is 0.392 e. The molecule has 0 fully saturated rings. The van der Waals surface area contributed by atoms with Crippen LogP contribution in [0.15, 0.2) is 219 Å². The van der Waals surface area contributed by atoms with Crippen LogP contribution < -0.4 is 10.6 Å². The number of aliphatic hydroxyl groups is 1. The van der Waals surface area contributed by atoms with Gasteiger partial charge >= 0.3 is 0 Å². The molecule has 9 aromatic heterocycles. The smallest absolute Gasteiger partial charge is 0.159 e.